The minimum absolute atomic E-state index is 0.0546. The molecular weight excluding hydrogens is 198 g/mol. The van der Waals surface area contributed by atoms with Crippen LogP contribution in [0.3, 0.4) is 0 Å². The second-order valence-corrected chi connectivity index (χ2v) is 2.60. The van der Waals surface area contributed by atoms with Gasteiger partial charge in [0.1, 0.15) is 5.84 Å². The fourth-order valence-corrected chi connectivity index (χ4v) is 0.810. The third kappa shape index (κ3) is 2.66. The number of nitrogens with zero attached hydrogens (tertiary/aromatic N) is 1. The normalized spacial score (nSPS) is 11.8. The van der Waals surface area contributed by atoms with Gasteiger partial charge in [-0.1, -0.05) is 0 Å². The van der Waals surface area contributed by atoms with Crippen LogP contribution >= 0.6 is 11.6 Å². The molecule has 70 valence electrons. The first-order chi connectivity index (χ1) is 6.13. The number of amidine groups is 1. The Hall–Kier alpha value is -1.16. The minimum atomic E-state index is -0.955. The fourth-order valence-electron chi connectivity index (χ4n) is 0.750. The van der Waals surface area contributed by atoms with Gasteiger partial charge in [0.2, 0.25) is 0 Å². The maximum Gasteiger partial charge on any atom is 0.160 e. The molecule has 0 amide bonds. The Morgan fingerprint density at radius 1 is 1.38 bits per heavy atom. The van der Waals surface area contributed by atoms with Gasteiger partial charge in [-0.15, -0.1) is 11.6 Å². The molecule has 0 fully saturated rings. The molecule has 0 spiro atoms. The van der Waals surface area contributed by atoms with Crippen LogP contribution in [0.4, 0.5) is 14.5 Å². The zero-order valence-electron chi connectivity index (χ0n) is 6.60. The first kappa shape index (κ1) is 9.92. The second kappa shape index (κ2) is 4.18. The number of hydrogen-bond donors (Lipinski definition) is 1. The number of hydrogen-bond acceptors (Lipinski definition) is 1. The van der Waals surface area contributed by atoms with Gasteiger partial charge in [-0.3, -0.25) is 0 Å². The monoisotopic (exact) mass is 204 g/mol. The lowest BCUT2D eigenvalue weighted by molar-refractivity contribution is 0.509. The Morgan fingerprint density at radius 3 is 2.62 bits per heavy atom. The van der Waals surface area contributed by atoms with E-state index in [1.54, 1.807) is 0 Å². The molecule has 13 heavy (non-hydrogen) atoms. The quantitative estimate of drug-likeness (QED) is 0.448. The third-order valence-corrected chi connectivity index (χ3v) is 1.59. The van der Waals surface area contributed by atoms with E-state index in [9.17, 15) is 8.78 Å². The van der Waals surface area contributed by atoms with Crippen LogP contribution < -0.4 is 5.73 Å². The lowest BCUT2D eigenvalue weighted by Crippen LogP contribution is -2.12. The molecule has 1 rings (SSSR count). The van der Waals surface area contributed by atoms with Crippen LogP contribution in [0.1, 0.15) is 0 Å². The van der Waals surface area contributed by atoms with E-state index >= 15 is 0 Å². The lowest BCUT2D eigenvalue weighted by atomic mass is 10.3. The molecule has 0 aliphatic heterocycles. The molecule has 0 saturated heterocycles. The van der Waals surface area contributed by atoms with E-state index in [1.807, 2.05) is 0 Å². The van der Waals surface area contributed by atoms with E-state index < -0.39 is 11.6 Å². The molecular formula is C8H7ClF2N2. The second-order valence-electron chi connectivity index (χ2n) is 2.34. The summed E-state index contributed by atoms with van der Waals surface area (Å²) >= 11 is 5.35. The van der Waals surface area contributed by atoms with Gasteiger partial charge < -0.3 is 5.73 Å². The largest absolute Gasteiger partial charge is 0.386 e. The zero-order valence-corrected chi connectivity index (χ0v) is 7.35. The predicted octanol–water partition coefficient (Wildman–Crippen LogP) is 2.19. The molecule has 0 saturated carbocycles. The molecule has 0 heterocycles. The van der Waals surface area contributed by atoms with Gasteiger partial charge >= 0.3 is 0 Å². The molecule has 0 aromatic heterocycles. The van der Waals surface area contributed by atoms with Crippen molar-refractivity contribution in [2.75, 3.05) is 5.88 Å². The molecule has 2 nitrogen and oxygen atoms in total. The van der Waals surface area contributed by atoms with E-state index in [-0.39, 0.29) is 17.4 Å². The van der Waals surface area contributed by atoms with Crippen molar-refractivity contribution in [2.45, 2.75) is 0 Å². The summed E-state index contributed by atoms with van der Waals surface area (Å²) in [6.45, 7) is 0. The van der Waals surface area contributed by atoms with Gasteiger partial charge in [0.25, 0.3) is 0 Å². The van der Waals surface area contributed by atoms with Crippen molar-refractivity contribution in [1.82, 2.24) is 0 Å². The van der Waals surface area contributed by atoms with Gasteiger partial charge in [0.15, 0.2) is 11.6 Å². The van der Waals surface area contributed by atoms with Gasteiger partial charge in [-0.05, 0) is 12.1 Å². The number of rotatable bonds is 2. The van der Waals surface area contributed by atoms with Crippen molar-refractivity contribution < 1.29 is 8.78 Å². The highest BCUT2D eigenvalue weighted by Crippen LogP contribution is 2.15. The number of aliphatic imine (C=N–C) groups is 1. The van der Waals surface area contributed by atoms with Gasteiger partial charge in [-0.25, -0.2) is 13.8 Å². The molecule has 0 unspecified atom stereocenters. The van der Waals surface area contributed by atoms with Gasteiger partial charge in [0.05, 0.1) is 11.6 Å². The van der Waals surface area contributed by atoms with E-state index in [2.05, 4.69) is 4.99 Å². The predicted molar refractivity (Wildman–Crippen MR) is 48.4 cm³/mol. The summed E-state index contributed by atoms with van der Waals surface area (Å²) in [5.41, 5.74) is 5.54. The Balaban J connectivity index is 2.98. The first-order valence-electron chi connectivity index (χ1n) is 3.47. The summed E-state index contributed by atoms with van der Waals surface area (Å²) in [4.78, 5) is 3.74. The zero-order chi connectivity index (χ0) is 9.84. The summed E-state index contributed by atoms with van der Waals surface area (Å²) in [7, 11) is 0. The molecule has 2 N–H and O–H groups in total. The van der Waals surface area contributed by atoms with Crippen molar-refractivity contribution in [3.8, 4) is 0 Å². The van der Waals surface area contributed by atoms with Gasteiger partial charge in [0, 0.05) is 6.07 Å². The highest BCUT2D eigenvalue weighted by atomic mass is 35.5. The minimum Gasteiger partial charge on any atom is -0.386 e. The smallest absolute Gasteiger partial charge is 0.160 e. The van der Waals surface area contributed by atoms with Crippen LogP contribution in [-0.2, 0) is 0 Å². The SMILES string of the molecule is NC(CCl)=Nc1ccc(F)c(F)c1. The highest BCUT2D eigenvalue weighted by Gasteiger charge is 2.01. The Morgan fingerprint density at radius 2 is 2.08 bits per heavy atom. The topological polar surface area (TPSA) is 38.4 Å². The van der Waals surface area contributed by atoms with Crippen LogP contribution in [0.25, 0.3) is 0 Å². The molecule has 0 radical (unpaired) electrons. The van der Waals surface area contributed by atoms with Crippen molar-refractivity contribution in [3.63, 3.8) is 0 Å². The summed E-state index contributed by atoms with van der Waals surface area (Å²) in [6, 6.07) is 3.25. The molecule has 0 aliphatic rings. The van der Waals surface area contributed by atoms with Crippen LogP contribution in [0.5, 0.6) is 0 Å². The summed E-state index contributed by atoms with van der Waals surface area (Å²) in [6.07, 6.45) is 0. The first-order valence-corrected chi connectivity index (χ1v) is 4.01. The van der Waals surface area contributed by atoms with E-state index in [1.165, 1.54) is 6.07 Å². The van der Waals surface area contributed by atoms with E-state index in [0.717, 1.165) is 12.1 Å². The van der Waals surface area contributed by atoms with Crippen LogP contribution in [0, 0.1) is 11.6 Å². The molecule has 1 aromatic rings. The lowest BCUT2D eigenvalue weighted by Gasteiger charge is -1.97. The molecule has 0 atom stereocenters. The molecule has 0 aliphatic carbocycles. The van der Waals surface area contributed by atoms with Crippen molar-refractivity contribution in [1.29, 1.82) is 0 Å². The van der Waals surface area contributed by atoms with Crippen molar-refractivity contribution in [2.24, 2.45) is 10.7 Å². The Kier molecular flexibility index (Phi) is 3.19. The summed E-state index contributed by atoms with van der Waals surface area (Å²) < 4.78 is 25.1. The Labute approximate surface area is 79.0 Å². The highest BCUT2D eigenvalue weighted by molar-refractivity contribution is 6.28. The van der Waals surface area contributed by atoms with E-state index in [4.69, 9.17) is 17.3 Å². The fraction of sp³-hybridized carbons (Fsp3) is 0.125. The summed E-state index contributed by atoms with van der Waals surface area (Å²) in [5.74, 6) is -1.65. The van der Waals surface area contributed by atoms with Crippen LogP contribution in [0.2, 0.25) is 0 Å². The molecule has 5 heteroatoms. The summed E-state index contributed by atoms with van der Waals surface area (Å²) in [5, 5.41) is 0. The molecule has 0 bridgehead atoms. The standard InChI is InChI=1S/C8H7ClF2N2/c9-4-8(12)13-5-1-2-6(10)7(11)3-5/h1-3H,4H2,(H2,12,13). The third-order valence-electron chi connectivity index (χ3n) is 1.31. The van der Waals surface area contributed by atoms with Crippen molar-refractivity contribution >= 4 is 23.1 Å². The molecule has 1 aromatic carbocycles. The maximum atomic E-state index is 12.6. The number of benzene rings is 1. The number of nitrogens with two attached hydrogens (primary N) is 1. The number of alkyl halides is 1. The van der Waals surface area contributed by atoms with Crippen LogP contribution in [-0.4, -0.2) is 11.7 Å². The number of halogens is 3. The van der Waals surface area contributed by atoms with Crippen LogP contribution in [0.15, 0.2) is 23.2 Å². The van der Waals surface area contributed by atoms with Gasteiger partial charge in [-0.2, -0.15) is 0 Å². The average molecular weight is 205 g/mol. The average Bonchev–Trinajstić information content (AvgIpc) is 2.11. The maximum absolute atomic E-state index is 12.6. The van der Waals surface area contributed by atoms with Crippen molar-refractivity contribution in [3.05, 3.63) is 29.8 Å². The Bertz CT molecular complexity index is 339. The van der Waals surface area contributed by atoms with E-state index in [0.29, 0.717) is 0 Å².